The van der Waals surface area contributed by atoms with Gasteiger partial charge in [0.05, 0.1) is 0 Å². The van der Waals surface area contributed by atoms with Gasteiger partial charge in [-0.1, -0.05) is 20.8 Å². The molecule has 2 nitrogen and oxygen atoms in total. The molecule has 1 saturated heterocycles. The van der Waals surface area contributed by atoms with Gasteiger partial charge in [-0.3, -0.25) is 4.90 Å². The Morgan fingerprint density at radius 2 is 2.00 bits per heavy atom. The van der Waals surface area contributed by atoms with Crippen molar-refractivity contribution in [3.63, 3.8) is 0 Å². The highest BCUT2D eigenvalue weighted by molar-refractivity contribution is 4.89. The van der Waals surface area contributed by atoms with E-state index in [-0.39, 0.29) is 0 Å². The first kappa shape index (κ1) is 11.4. The summed E-state index contributed by atoms with van der Waals surface area (Å²) < 4.78 is 0. The van der Waals surface area contributed by atoms with Gasteiger partial charge < -0.3 is 5.32 Å². The maximum Gasteiger partial charge on any atom is 0.00966 e. The van der Waals surface area contributed by atoms with Gasteiger partial charge in [0.2, 0.25) is 0 Å². The summed E-state index contributed by atoms with van der Waals surface area (Å²) in [4.78, 5) is 2.75. The zero-order chi connectivity index (χ0) is 10.8. The van der Waals surface area contributed by atoms with Gasteiger partial charge in [-0.15, -0.1) is 0 Å². The van der Waals surface area contributed by atoms with Gasteiger partial charge in [-0.2, -0.15) is 0 Å². The van der Waals surface area contributed by atoms with Crippen molar-refractivity contribution < 1.29 is 0 Å². The van der Waals surface area contributed by atoms with E-state index in [1.54, 1.807) is 0 Å². The fourth-order valence-corrected chi connectivity index (χ4v) is 2.69. The minimum Gasteiger partial charge on any atom is -0.316 e. The van der Waals surface area contributed by atoms with Crippen molar-refractivity contribution in [3.8, 4) is 0 Å². The summed E-state index contributed by atoms with van der Waals surface area (Å²) in [6.45, 7) is 12.2. The van der Waals surface area contributed by atoms with Gasteiger partial charge in [0, 0.05) is 19.1 Å². The van der Waals surface area contributed by atoms with E-state index in [1.165, 1.54) is 39.0 Å². The normalized spacial score (nSPS) is 31.8. The van der Waals surface area contributed by atoms with Crippen LogP contribution in [-0.4, -0.2) is 37.1 Å². The molecule has 1 N–H and O–H groups in total. The van der Waals surface area contributed by atoms with E-state index >= 15 is 0 Å². The fourth-order valence-electron chi connectivity index (χ4n) is 2.69. The van der Waals surface area contributed by atoms with Crippen LogP contribution in [0.3, 0.4) is 0 Å². The Hall–Kier alpha value is -0.0800. The summed E-state index contributed by atoms with van der Waals surface area (Å²) in [5.41, 5.74) is 0. The second kappa shape index (κ2) is 4.84. The number of nitrogens with zero attached hydrogens (tertiary/aromatic N) is 1. The van der Waals surface area contributed by atoms with Crippen molar-refractivity contribution >= 4 is 0 Å². The van der Waals surface area contributed by atoms with Crippen LogP contribution in [0.2, 0.25) is 0 Å². The van der Waals surface area contributed by atoms with Crippen molar-refractivity contribution in [1.29, 1.82) is 0 Å². The molecule has 2 heteroatoms. The van der Waals surface area contributed by atoms with E-state index in [4.69, 9.17) is 0 Å². The van der Waals surface area contributed by atoms with Gasteiger partial charge in [0.25, 0.3) is 0 Å². The zero-order valence-corrected chi connectivity index (χ0v) is 10.5. The molecule has 0 spiro atoms. The largest absolute Gasteiger partial charge is 0.316 e. The maximum atomic E-state index is 3.51. The van der Waals surface area contributed by atoms with Crippen LogP contribution < -0.4 is 5.32 Å². The quantitative estimate of drug-likeness (QED) is 0.746. The van der Waals surface area contributed by atoms with Crippen LogP contribution in [0, 0.1) is 17.8 Å². The molecule has 2 fully saturated rings. The smallest absolute Gasteiger partial charge is 0.00966 e. The SMILES string of the molecule is CC(C)CN(C[C@@H]1CNC[C@H]1C)C1CC1. The molecular formula is C13H26N2. The molecule has 88 valence electrons. The Balaban J connectivity index is 1.82. The summed E-state index contributed by atoms with van der Waals surface area (Å²) in [6.07, 6.45) is 2.89. The Morgan fingerprint density at radius 3 is 2.47 bits per heavy atom. The summed E-state index contributed by atoms with van der Waals surface area (Å²) in [5, 5.41) is 3.51. The van der Waals surface area contributed by atoms with Crippen LogP contribution in [-0.2, 0) is 0 Å². The molecule has 1 aliphatic carbocycles. The predicted octanol–water partition coefficient (Wildman–Crippen LogP) is 1.96. The Morgan fingerprint density at radius 1 is 1.27 bits per heavy atom. The summed E-state index contributed by atoms with van der Waals surface area (Å²) in [7, 11) is 0. The molecule has 2 rings (SSSR count). The molecule has 2 aliphatic rings. The molecule has 0 radical (unpaired) electrons. The molecule has 0 aromatic carbocycles. The molecule has 0 bridgehead atoms. The first-order chi connectivity index (χ1) is 7.16. The third-order valence-corrected chi connectivity index (χ3v) is 3.81. The van der Waals surface area contributed by atoms with Crippen molar-refractivity contribution in [2.24, 2.45) is 17.8 Å². The van der Waals surface area contributed by atoms with Crippen molar-refractivity contribution in [3.05, 3.63) is 0 Å². The molecular weight excluding hydrogens is 184 g/mol. The fraction of sp³-hybridized carbons (Fsp3) is 1.00. The van der Waals surface area contributed by atoms with Crippen LogP contribution in [0.15, 0.2) is 0 Å². The van der Waals surface area contributed by atoms with Crippen LogP contribution >= 0.6 is 0 Å². The van der Waals surface area contributed by atoms with Crippen LogP contribution in [0.25, 0.3) is 0 Å². The summed E-state index contributed by atoms with van der Waals surface area (Å²) in [5.74, 6) is 2.58. The number of hydrogen-bond acceptors (Lipinski definition) is 2. The lowest BCUT2D eigenvalue weighted by Crippen LogP contribution is -2.36. The summed E-state index contributed by atoms with van der Waals surface area (Å²) in [6, 6.07) is 0.931. The van der Waals surface area contributed by atoms with E-state index in [2.05, 4.69) is 31.0 Å². The van der Waals surface area contributed by atoms with E-state index in [0.29, 0.717) is 0 Å². The monoisotopic (exact) mass is 210 g/mol. The van der Waals surface area contributed by atoms with Crippen molar-refractivity contribution in [2.75, 3.05) is 26.2 Å². The zero-order valence-electron chi connectivity index (χ0n) is 10.5. The second-order valence-corrected chi connectivity index (χ2v) is 5.97. The highest BCUT2D eigenvalue weighted by atomic mass is 15.2. The molecule has 0 amide bonds. The predicted molar refractivity (Wildman–Crippen MR) is 65.0 cm³/mol. The lowest BCUT2D eigenvalue weighted by molar-refractivity contribution is 0.189. The van der Waals surface area contributed by atoms with E-state index < -0.39 is 0 Å². The Kier molecular flexibility index (Phi) is 3.68. The number of nitrogens with one attached hydrogen (secondary N) is 1. The lowest BCUT2D eigenvalue weighted by Gasteiger charge is -2.28. The number of rotatable bonds is 5. The third kappa shape index (κ3) is 3.18. The second-order valence-electron chi connectivity index (χ2n) is 5.97. The van der Waals surface area contributed by atoms with E-state index in [9.17, 15) is 0 Å². The molecule has 0 aromatic heterocycles. The highest BCUT2D eigenvalue weighted by Gasteiger charge is 2.33. The number of hydrogen-bond donors (Lipinski definition) is 1. The van der Waals surface area contributed by atoms with Gasteiger partial charge >= 0.3 is 0 Å². The molecule has 0 aromatic rings. The van der Waals surface area contributed by atoms with E-state index in [0.717, 1.165) is 23.8 Å². The average Bonchev–Trinajstić information content (AvgIpc) is 2.92. The van der Waals surface area contributed by atoms with Crippen molar-refractivity contribution in [1.82, 2.24) is 10.2 Å². The molecule has 2 atom stereocenters. The first-order valence-corrected chi connectivity index (χ1v) is 6.61. The van der Waals surface area contributed by atoms with E-state index in [1.807, 2.05) is 0 Å². The molecule has 1 saturated carbocycles. The topological polar surface area (TPSA) is 15.3 Å². The average molecular weight is 210 g/mol. The molecule has 1 heterocycles. The van der Waals surface area contributed by atoms with Gasteiger partial charge in [-0.05, 0) is 43.7 Å². The maximum absolute atomic E-state index is 3.51. The van der Waals surface area contributed by atoms with Gasteiger partial charge in [-0.25, -0.2) is 0 Å². The summed E-state index contributed by atoms with van der Waals surface area (Å²) >= 11 is 0. The van der Waals surface area contributed by atoms with Crippen LogP contribution in [0.4, 0.5) is 0 Å². The van der Waals surface area contributed by atoms with Crippen molar-refractivity contribution in [2.45, 2.75) is 39.7 Å². The van der Waals surface area contributed by atoms with Gasteiger partial charge in [0.1, 0.15) is 0 Å². The molecule has 1 aliphatic heterocycles. The van der Waals surface area contributed by atoms with Crippen LogP contribution in [0.5, 0.6) is 0 Å². The standard InChI is InChI=1S/C13H26N2/c1-10(2)8-15(13-4-5-13)9-12-7-14-6-11(12)3/h10-14H,4-9H2,1-3H3/t11-,12+/m1/s1. The third-order valence-electron chi connectivity index (χ3n) is 3.81. The molecule has 0 unspecified atom stereocenters. The van der Waals surface area contributed by atoms with Crippen LogP contribution in [0.1, 0.15) is 33.6 Å². The van der Waals surface area contributed by atoms with Gasteiger partial charge in [0.15, 0.2) is 0 Å². The highest BCUT2D eigenvalue weighted by Crippen LogP contribution is 2.30. The Labute approximate surface area is 94.4 Å². The first-order valence-electron chi connectivity index (χ1n) is 6.61. The lowest BCUT2D eigenvalue weighted by atomic mass is 9.97. The minimum absolute atomic E-state index is 0.815. The minimum atomic E-state index is 0.815. The molecule has 15 heavy (non-hydrogen) atoms. The Bertz CT molecular complexity index is 199.